The molecule has 0 bridgehead atoms. The standard InChI is InChI=1S/C10H13BrFNO/c1-13-6-9(14)5-7-4-8(11)2-3-10(7)12/h2-4,9,13-14H,5-6H2,1H3. The number of aliphatic hydroxyl groups excluding tert-OH is 1. The maximum atomic E-state index is 13.2. The van der Waals surface area contributed by atoms with Gasteiger partial charge in [-0.1, -0.05) is 15.9 Å². The summed E-state index contributed by atoms with van der Waals surface area (Å²) in [6.07, 6.45) is -0.227. The minimum Gasteiger partial charge on any atom is -0.391 e. The lowest BCUT2D eigenvalue weighted by molar-refractivity contribution is 0.173. The number of hydrogen-bond donors (Lipinski definition) is 2. The SMILES string of the molecule is CNCC(O)Cc1cc(Br)ccc1F. The van der Waals surface area contributed by atoms with Crippen molar-refractivity contribution in [1.82, 2.24) is 5.32 Å². The van der Waals surface area contributed by atoms with Crippen molar-refractivity contribution >= 4 is 15.9 Å². The first kappa shape index (κ1) is 11.6. The molecule has 0 amide bonds. The number of benzene rings is 1. The quantitative estimate of drug-likeness (QED) is 0.865. The van der Waals surface area contributed by atoms with E-state index in [1.54, 1.807) is 19.2 Å². The Morgan fingerprint density at radius 2 is 2.29 bits per heavy atom. The molecule has 1 unspecified atom stereocenters. The van der Waals surface area contributed by atoms with E-state index in [4.69, 9.17) is 0 Å². The van der Waals surface area contributed by atoms with E-state index >= 15 is 0 Å². The summed E-state index contributed by atoms with van der Waals surface area (Å²) in [4.78, 5) is 0. The second-order valence-corrected chi connectivity index (χ2v) is 4.07. The zero-order valence-corrected chi connectivity index (χ0v) is 9.51. The fourth-order valence-corrected chi connectivity index (χ4v) is 1.67. The molecule has 0 aliphatic heterocycles. The smallest absolute Gasteiger partial charge is 0.126 e. The van der Waals surface area contributed by atoms with Crippen molar-refractivity contribution in [2.45, 2.75) is 12.5 Å². The average molecular weight is 262 g/mol. The van der Waals surface area contributed by atoms with E-state index in [0.717, 1.165) is 4.47 Å². The molecule has 2 N–H and O–H groups in total. The Hall–Kier alpha value is -0.450. The highest BCUT2D eigenvalue weighted by Crippen LogP contribution is 2.16. The van der Waals surface area contributed by atoms with Crippen LogP contribution in [0.3, 0.4) is 0 Å². The van der Waals surface area contributed by atoms with Gasteiger partial charge in [-0.25, -0.2) is 4.39 Å². The van der Waals surface area contributed by atoms with Gasteiger partial charge in [0.15, 0.2) is 0 Å². The van der Waals surface area contributed by atoms with Gasteiger partial charge in [0.25, 0.3) is 0 Å². The Balaban J connectivity index is 2.70. The highest BCUT2D eigenvalue weighted by molar-refractivity contribution is 9.10. The summed E-state index contributed by atoms with van der Waals surface area (Å²) in [5, 5.41) is 12.3. The van der Waals surface area contributed by atoms with Crippen LogP contribution in [-0.4, -0.2) is 24.8 Å². The van der Waals surface area contributed by atoms with Crippen LogP contribution in [0.15, 0.2) is 22.7 Å². The van der Waals surface area contributed by atoms with Crippen LogP contribution in [0, 0.1) is 5.82 Å². The van der Waals surface area contributed by atoms with Gasteiger partial charge in [0.2, 0.25) is 0 Å². The Bertz CT molecular complexity index is 306. The minimum absolute atomic E-state index is 0.275. The Kier molecular flexibility index (Phi) is 4.51. The van der Waals surface area contributed by atoms with Crippen LogP contribution >= 0.6 is 15.9 Å². The summed E-state index contributed by atoms with van der Waals surface area (Å²) in [7, 11) is 1.75. The topological polar surface area (TPSA) is 32.3 Å². The highest BCUT2D eigenvalue weighted by atomic mass is 79.9. The van der Waals surface area contributed by atoms with Gasteiger partial charge in [-0.15, -0.1) is 0 Å². The Labute approximate surface area is 91.3 Å². The summed E-state index contributed by atoms with van der Waals surface area (Å²) in [6, 6.07) is 4.73. The Morgan fingerprint density at radius 3 is 2.93 bits per heavy atom. The second-order valence-electron chi connectivity index (χ2n) is 3.15. The molecule has 0 aliphatic carbocycles. The predicted octanol–water partition coefficient (Wildman–Crippen LogP) is 1.71. The van der Waals surface area contributed by atoms with Crippen molar-refractivity contribution in [1.29, 1.82) is 0 Å². The maximum absolute atomic E-state index is 13.2. The van der Waals surface area contributed by atoms with Gasteiger partial charge >= 0.3 is 0 Å². The number of nitrogens with one attached hydrogen (secondary N) is 1. The van der Waals surface area contributed by atoms with Crippen LogP contribution in [-0.2, 0) is 6.42 Å². The number of likely N-dealkylation sites (N-methyl/N-ethyl adjacent to an activating group) is 1. The minimum atomic E-state index is -0.552. The zero-order valence-electron chi connectivity index (χ0n) is 7.93. The molecule has 2 nitrogen and oxygen atoms in total. The second kappa shape index (κ2) is 5.44. The van der Waals surface area contributed by atoms with E-state index in [1.165, 1.54) is 6.07 Å². The van der Waals surface area contributed by atoms with Crippen molar-refractivity contribution in [2.75, 3.05) is 13.6 Å². The number of rotatable bonds is 4. The summed E-state index contributed by atoms with van der Waals surface area (Å²) in [6.45, 7) is 0.464. The van der Waals surface area contributed by atoms with Crippen LogP contribution < -0.4 is 5.32 Å². The number of aliphatic hydroxyl groups is 1. The molecule has 78 valence electrons. The van der Waals surface area contributed by atoms with Gasteiger partial charge < -0.3 is 10.4 Å². The Morgan fingerprint density at radius 1 is 1.57 bits per heavy atom. The van der Waals surface area contributed by atoms with Crippen LogP contribution in [0.5, 0.6) is 0 Å². The highest BCUT2D eigenvalue weighted by Gasteiger charge is 2.08. The predicted molar refractivity (Wildman–Crippen MR) is 57.7 cm³/mol. The molecule has 0 saturated carbocycles. The third-order valence-electron chi connectivity index (χ3n) is 1.90. The summed E-state index contributed by atoms with van der Waals surface area (Å²) in [5.41, 5.74) is 0.530. The molecule has 1 rings (SSSR count). The molecule has 0 aromatic heterocycles. The first-order chi connectivity index (χ1) is 6.63. The zero-order chi connectivity index (χ0) is 10.6. The molecule has 1 aromatic carbocycles. The van der Waals surface area contributed by atoms with Crippen molar-refractivity contribution in [2.24, 2.45) is 0 Å². The van der Waals surface area contributed by atoms with E-state index in [-0.39, 0.29) is 5.82 Å². The van der Waals surface area contributed by atoms with E-state index in [9.17, 15) is 9.50 Å². The molecular formula is C10H13BrFNO. The molecule has 0 fully saturated rings. The molecule has 1 atom stereocenters. The molecule has 0 heterocycles. The van der Waals surface area contributed by atoms with Crippen LogP contribution in [0.4, 0.5) is 4.39 Å². The van der Waals surface area contributed by atoms with Crippen molar-refractivity contribution < 1.29 is 9.50 Å². The van der Waals surface area contributed by atoms with Crippen molar-refractivity contribution in [3.8, 4) is 0 Å². The van der Waals surface area contributed by atoms with E-state index < -0.39 is 6.10 Å². The number of halogens is 2. The van der Waals surface area contributed by atoms with Gasteiger partial charge in [0, 0.05) is 17.4 Å². The molecule has 1 aromatic rings. The molecular weight excluding hydrogens is 249 g/mol. The molecule has 0 spiro atoms. The monoisotopic (exact) mass is 261 g/mol. The summed E-state index contributed by atoms with van der Waals surface area (Å²) < 4.78 is 14.0. The summed E-state index contributed by atoms with van der Waals surface area (Å²) >= 11 is 3.26. The summed E-state index contributed by atoms with van der Waals surface area (Å²) in [5.74, 6) is -0.275. The third kappa shape index (κ3) is 3.36. The van der Waals surface area contributed by atoms with Gasteiger partial charge in [0.1, 0.15) is 5.82 Å². The van der Waals surface area contributed by atoms with Gasteiger partial charge in [-0.05, 0) is 30.8 Å². The molecule has 0 aliphatic rings. The third-order valence-corrected chi connectivity index (χ3v) is 2.40. The fourth-order valence-electron chi connectivity index (χ4n) is 1.26. The molecule has 0 saturated heterocycles. The van der Waals surface area contributed by atoms with E-state index in [0.29, 0.717) is 18.5 Å². The number of hydrogen-bond acceptors (Lipinski definition) is 2. The first-order valence-electron chi connectivity index (χ1n) is 4.40. The maximum Gasteiger partial charge on any atom is 0.126 e. The average Bonchev–Trinajstić information content (AvgIpc) is 2.12. The van der Waals surface area contributed by atoms with Gasteiger partial charge in [-0.3, -0.25) is 0 Å². The largest absolute Gasteiger partial charge is 0.391 e. The van der Waals surface area contributed by atoms with Crippen LogP contribution in [0.25, 0.3) is 0 Å². The first-order valence-corrected chi connectivity index (χ1v) is 5.19. The van der Waals surface area contributed by atoms with E-state index in [1.807, 2.05) is 0 Å². The lowest BCUT2D eigenvalue weighted by Crippen LogP contribution is -2.25. The lowest BCUT2D eigenvalue weighted by Gasteiger charge is -2.10. The molecule has 0 radical (unpaired) electrons. The van der Waals surface area contributed by atoms with E-state index in [2.05, 4.69) is 21.2 Å². The normalized spacial score (nSPS) is 12.9. The van der Waals surface area contributed by atoms with Gasteiger partial charge in [-0.2, -0.15) is 0 Å². The van der Waals surface area contributed by atoms with Crippen molar-refractivity contribution in [3.05, 3.63) is 34.1 Å². The lowest BCUT2D eigenvalue weighted by atomic mass is 10.1. The molecule has 14 heavy (non-hydrogen) atoms. The molecule has 4 heteroatoms. The van der Waals surface area contributed by atoms with Crippen molar-refractivity contribution in [3.63, 3.8) is 0 Å². The van der Waals surface area contributed by atoms with Crippen LogP contribution in [0.2, 0.25) is 0 Å². The fraction of sp³-hybridized carbons (Fsp3) is 0.400. The van der Waals surface area contributed by atoms with Gasteiger partial charge in [0.05, 0.1) is 6.10 Å². The van der Waals surface area contributed by atoms with Crippen LogP contribution in [0.1, 0.15) is 5.56 Å².